The van der Waals surface area contributed by atoms with Crippen LogP contribution in [0.2, 0.25) is 0 Å². The van der Waals surface area contributed by atoms with Gasteiger partial charge in [-0.1, -0.05) is 0 Å². The smallest absolute Gasteiger partial charge is 0.284 e. The van der Waals surface area contributed by atoms with E-state index in [-0.39, 0.29) is 15.9 Å². The van der Waals surface area contributed by atoms with Crippen LogP contribution in [0.5, 0.6) is 0 Å². The molecule has 0 saturated heterocycles. The predicted molar refractivity (Wildman–Crippen MR) is 58.5 cm³/mol. The number of hydrogen-bond donors (Lipinski definition) is 0. The van der Waals surface area contributed by atoms with E-state index in [0.717, 1.165) is 0 Å². The SMILES string of the molecule is CC(=O)c1ccc([N+](=O)[O-])c(Br)c1Br. The van der Waals surface area contributed by atoms with E-state index in [1.165, 1.54) is 19.1 Å². The highest BCUT2D eigenvalue weighted by Gasteiger charge is 2.18. The predicted octanol–water partition coefficient (Wildman–Crippen LogP) is 3.32. The first kappa shape index (κ1) is 11.3. The van der Waals surface area contributed by atoms with Gasteiger partial charge in [0.1, 0.15) is 4.47 Å². The monoisotopic (exact) mass is 321 g/mol. The van der Waals surface area contributed by atoms with E-state index in [9.17, 15) is 14.9 Å². The minimum atomic E-state index is -0.515. The van der Waals surface area contributed by atoms with Gasteiger partial charge in [-0.3, -0.25) is 14.9 Å². The molecule has 0 aliphatic carbocycles. The van der Waals surface area contributed by atoms with Gasteiger partial charge in [-0.15, -0.1) is 0 Å². The summed E-state index contributed by atoms with van der Waals surface area (Å²) in [6.45, 7) is 1.40. The molecule has 0 aliphatic rings. The van der Waals surface area contributed by atoms with Gasteiger partial charge in [0, 0.05) is 16.1 Å². The molecule has 0 fully saturated rings. The summed E-state index contributed by atoms with van der Waals surface area (Å²) in [4.78, 5) is 21.1. The van der Waals surface area contributed by atoms with E-state index < -0.39 is 4.92 Å². The summed E-state index contributed by atoms with van der Waals surface area (Å²) in [5.74, 6) is -0.146. The molecule has 6 heteroatoms. The molecule has 14 heavy (non-hydrogen) atoms. The van der Waals surface area contributed by atoms with Crippen molar-refractivity contribution in [1.29, 1.82) is 0 Å². The summed E-state index contributed by atoms with van der Waals surface area (Å²) in [5.41, 5.74) is 0.351. The fraction of sp³-hybridized carbons (Fsp3) is 0.125. The second-order valence-corrected chi connectivity index (χ2v) is 4.16. The van der Waals surface area contributed by atoms with Gasteiger partial charge in [-0.2, -0.15) is 0 Å². The third-order valence-corrected chi connectivity index (χ3v) is 3.80. The van der Waals surface area contributed by atoms with Gasteiger partial charge in [0.2, 0.25) is 0 Å². The lowest BCUT2D eigenvalue weighted by Gasteiger charge is -2.02. The third-order valence-electron chi connectivity index (χ3n) is 1.64. The number of carbonyl (C=O) groups excluding carboxylic acids is 1. The molecule has 0 saturated carbocycles. The van der Waals surface area contributed by atoms with Crippen molar-refractivity contribution in [2.45, 2.75) is 6.92 Å². The van der Waals surface area contributed by atoms with Crippen LogP contribution in [0.3, 0.4) is 0 Å². The van der Waals surface area contributed by atoms with Crippen molar-refractivity contribution >= 4 is 43.3 Å². The average Bonchev–Trinajstić information content (AvgIpc) is 2.08. The van der Waals surface area contributed by atoms with Crippen LogP contribution in [0, 0.1) is 10.1 Å². The van der Waals surface area contributed by atoms with Crippen molar-refractivity contribution < 1.29 is 9.72 Å². The Hall–Kier alpha value is -0.750. The number of benzene rings is 1. The zero-order chi connectivity index (χ0) is 10.9. The number of nitro groups is 1. The zero-order valence-corrected chi connectivity index (χ0v) is 10.3. The molecule has 1 aromatic rings. The lowest BCUT2D eigenvalue weighted by atomic mass is 10.1. The Morgan fingerprint density at radius 3 is 2.36 bits per heavy atom. The first-order valence-electron chi connectivity index (χ1n) is 3.58. The summed E-state index contributed by atoms with van der Waals surface area (Å²) in [6.07, 6.45) is 0. The van der Waals surface area contributed by atoms with Crippen LogP contribution in [0.4, 0.5) is 5.69 Å². The summed E-state index contributed by atoms with van der Waals surface area (Å²) in [5, 5.41) is 10.5. The highest BCUT2D eigenvalue weighted by molar-refractivity contribution is 9.13. The van der Waals surface area contributed by atoms with Crippen molar-refractivity contribution in [2.75, 3.05) is 0 Å². The molecular weight excluding hydrogens is 318 g/mol. The van der Waals surface area contributed by atoms with Crippen LogP contribution >= 0.6 is 31.9 Å². The minimum Gasteiger partial charge on any atom is -0.294 e. The highest BCUT2D eigenvalue weighted by atomic mass is 79.9. The normalized spacial score (nSPS) is 9.93. The van der Waals surface area contributed by atoms with E-state index in [2.05, 4.69) is 31.9 Å². The van der Waals surface area contributed by atoms with Crippen LogP contribution in [0.15, 0.2) is 21.1 Å². The quantitative estimate of drug-likeness (QED) is 0.476. The first-order chi connectivity index (χ1) is 6.45. The van der Waals surface area contributed by atoms with E-state index in [1.807, 2.05) is 0 Å². The largest absolute Gasteiger partial charge is 0.294 e. The van der Waals surface area contributed by atoms with E-state index >= 15 is 0 Å². The molecule has 0 radical (unpaired) electrons. The van der Waals surface area contributed by atoms with Crippen molar-refractivity contribution in [2.24, 2.45) is 0 Å². The van der Waals surface area contributed by atoms with Crippen LogP contribution in [0.1, 0.15) is 17.3 Å². The Labute approximate surface area is 96.7 Å². The van der Waals surface area contributed by atoms with Gasteiger partial charge in [0.25, 0.3) is 5.69 Å². The van der Waals surface area contributed by atoms with Gasteiger partial charge in [0.15, 0.2) is 5.78 Å². The average molecular weight is 323 g/mol. The van der Waals surface area contributed by atoms with Crippen molar-refractivity contribution in [3.05, 3.63) is 36.8 Å². The number of Topliss-reactive ketones (excluding diaryl/α,β-unsaturated/α-hetero) is 1. The second-order valence-electron chi connectivity index (χ2n) is 2.57. The molecule has 0 bridgehead atoms. The van der Waals surface area contributed by atoms with Gasteiger partial charge in [-0.05, 0) is 44.8 Å². The summed E-state index contributed by atoms with van der Waals surface area (Å²) in [7, 11) is 0. The lowest BCUT2D eigenvalue weighted by Crippen LogP contribution is -1.97. The number of rotatable bonds is 2. The Balaban J connectivity index is 3.41. The fourth-order valence-electron chi connectivity index (χ4n) is 0.952. The van der Waals surface area contributed by atoms with Crippen LogP contribution < -0.4 is 0 Å². The second kappa shape index (κ2) is 4.18. The maximum atomic E-state index is 11.1. The summed E-state index contributed by atoms with van der Waals surface area (Å²) in [6, 6.07) is 2.72. The van der Waals surface area contributed by atoms with Crippen molar-refractivity contribution in [3.8, 4) is 0 Å². The van der Waals surface area contributed by atoms with Crippen molar-refractivity contribution in [1.82, 2.24) is 0 Å². The maximum Gasteiger partial charge on any atom is 0.284 e. The van der Waals surface area contributed by atoms with Gasteiger partial charge < -0.3 is 0 Å². The molecule has 0 heterocycles. The van der Waals surface area contributed by atoms with Gasteiger partial charge in [0.05, 0.1) is 4.92 Å². The van der Waals surface area contributed by atoms with E-state index in [1.54, 1.807) is 0 Å². The molecule has 0 amide bonds. The summed E-state index contributed by atoms with van der Waals surface area (Å²) < 4.78 is 0.703. The van der Waals surface area contributed by atoms with Crippen LogP contribution in [-0.4, -0.2) is 10.7 Å². The van der Waals surface area contributed by atoms with E-state index in [0.29, 0.717) is 10.0 Å². The lowest BCUT2D eigenvalue weighted by molar-refractivity contribution is -0.385. The molecule has 0 aromatic heterocycles. The number of ketones is 1. The molecule has 4 nitrogen and oxygen atoms in total. The topological polar surface area (TPSA) is 60.2 Å². The third kappa shape index (κ3) is 2.01. The molecule has 1 aromatic carbocycles. The Kier molecular flexibility index (Phi) is 3.38. The number of nitrogens with zero attached hydrogens (tertiary/aromatic N) is 1. The van der Waals surface area contributed by atoms with Crippen LogP contribution in [0.25, 0.3) is 0 Å². The molecule has 1 rings (SSSR count). The molecule has 0 spiro atoms. The molecule has 0 N–H and O–H groups in total. The minimum absolute atomic E-state index is 0.0677. The maximum absolute atomic E-state index is 11.1. The zero-order valence-electron chi connectivity index (χ0n) is 7.08. The molecule has 74 valence electrons. The fourth-order valence-corrected chi connectivity index (χ4v) is 2.06. The molecule has 0 aliphatic heterocycles. The standard InChI is InChI=1S/C8H5Br2NO3/c1-4(12)5-2-3-6(11(13)14)8(10)7(5)9/h2-3H,1H3. The number of carbonyl (C=O) groups is 1. The van der Waals surface area contributed by atoms with E-state index in [4.69, 9.17) is 0 Å². The number of halogens is 2. The number of nitro benzene ring substituents is 1. The van der Waals surface area contributed by atoms with Crippen molar-refractivity contribution in [3.63, 3.8) is 0 Å². The first-order valence-corrected chi connectivity index (χ1v) is 5.17. The Bertz CT molecular complexity index is 378. The molecule has 0 atom stereocenters. The molecular formula is C8H5Br2NO3. The number of hydrogen-bond acceptors (Lipinski definition) is 3. The van der Waals surface area contributed by atoms with Gasteiger partial charge >= 0.3 is 0 Å². The molecule has 0 unspecified atom stereocenters. The van der Waals surface area contributed by atoms with Crippen LogP contribution in [-0.2, 0) is 0 Å². The highest BCUT2D eigenvalue weighted by Crippen LogP contribution is 2.34. The Morgan fingerprint density at radius 1 is 1.36 bits per heavy atom. The Morgan fingerprint density at radius 2 is 1.93 bits per heavy atom. The summed E-state index contributed by atoms with van der Waals surface area (Å²) >= 11 is 6.19. The van der Waals surface area contributed by atoms with Gasteiger partial charge in [-0.25, -0.2) is 0 Å².